The van der Waals surface area contributed by atoms with Gasteiger partial charge in [0.1, 0.15) is 12.4 Å². The molecule has 4 rings (SSSR count). The quantitative estimate of drug-likeness (QED) is 0.674. The first-order valence-corrected chi connectivity index (χ1v) is 9.90. The Morgan fingerprint density at radius 1 is 1.07 bits per heavy atom. The first-order chi connectivity index (χ1) is 13.2. The largest absolute Gasteiger partial charge is 0.313 e. The highest BCUT2D eigenvalue weighted by molar-refractivity contribution is 5.22. The number of aromatic nitrogens is 5. The number of likely N-dealkylation sites (tertiary alicyclic amines) is 1. The number of aryl methyl sites for hydroxylation is 1. The van der Waals surface area contributed by atoms with Crippen LogP contribution in [0, 0.1) is 6.92 Å². The van der Waals surface area contributed by atoms with Crippen molar-refractivity contribution in [2.45, 2.75) is 52.2 Å². The van der Waals surface area contributed by atoms with Crippen molar-refractivity contribution < 1.29 is 0 Å². The Kier molecular flexibility index (Phi) is 5.34. The number of rotatable bonds is 6. The number of benzene rings is 1. The van der Waals surface area contributed by atoms with Crippen molar-refractivity contribution in [2.24, 2.45) is 0 Å². The van der Waals surface area contributed by atoms with E-state index >= 15 is 0 Å². The lowest BCUT2D eigenvalue weighted by Crippen LogP contribution is -2.33. The molecule has 1 aliphatic rings. The Bertz CT molecular complexity index is 859. The van der Waals surface area contributed by atoms with Crippen molar-refractivity contribution in [3.8, 4) is 0 Å². The van der Waals surface area contributed by atoms with Gasteiger partial charge in [0.05, 0.1) is 0 Å². The maximum absolute atomic E-state index is 4.57. The molecule has 1 fully saturated rings. The molecule has 1 aromatic carbocycles. The van der Waals surface area contributed by atoms with E-state index in [4.69, 9.17) is 0 Å². The fraction of sp³-hybridized carbons (Fsp3) is 0.476. The molecule has 6 nitrogen and oxygen atoms in total. The third kappa shape index (κ3) is 4.11. The van der Waals surface area contributed by atoms with Crippen LogP contribution in [0.5, 0.6) is 0 Å². The lowest BCUT2D eigenvalue weighted by atomic mass is 9.95. The number of hydrogen-bond acceptors (Lipinski definition) is 4. The molecule has 0 bridgehead atoms. The van der Waals surface area contributed by atoms with E-state index in [1.165, 1.54) is 11.1 Å². The van der Waals surface area contributed by atoms with Crippen molar-refractivity contribution in [2.75, 3.05) is 13.1 Å². The number of piperidine rings is 1. The molecule has 3 heterocycles. The summed E-state index contributed by atoms with van der Waals surface area (Å²) in [6.07, 6.45) is 6.06. The summed E-state index contributed by atoms with van der Waals surface area (Å²) in [6.45, 7) is 9.19. The summed E-state index contributed by atoms with van der Waals surface area (Å²) in [5.41, 5.74) is 2.75. The van der Waals surface area contributed by atoms with E-state index in [0.717, 1.165) is 50.7 Å². The van der Waals surface area contributed by atoms with Crippen molar-refractivity contribution >= 4 is 0 Å². The highest BCUT2D eigenvalue weighted by Crippen LogP contribution is 2.28. The minimum Gasteiger partial charge on any atom is -0.313 e. The van der Waals surface area contributed by atoms with Gasteiger partial charge in [0.15, 0.2) is 5.82 Å². The summed E-state index contributed by atoms with van der Waals surface area (Å²) in [7, 11) is 0. The SMILES string of the molecule is CCn1c(Cn2cccn2)nnc1C1CCN(Cc2cccc(C)c2)CC1. The Balaban J connectivity index is 1.40. The van der Waals surface area contributed by atoms with E-state index in [9.17, 15) is 0 Å². The molecule has 27 heavy (non-hydrogen) atoms. The van der Waals surface area contributed by atoms with Crippen LogP contribution in [0.4, 0.5) is 0 Å². The van der Waals surface area contributed by atoms with Gasteiger partial charge < -0.3 is 4.57 Å². The predicted molar refractivity (Wildman–Crippen MR) is 105 cm³/mol. The standard InChI is InChI=1S/C21H28N6/c1-3-27-20(16-26-11-5-10-22-26)23-24-21(27)19-8-12-25(13-9-19)15-18-7-4-6-17(2)14-18/h4-7,10-11,14,19H,3,8-9,12-13,15-16H2,1-2H3. The fourth-order valence-electron chi connectivity index (χ4n) is 4.07. The lowest BCUT2D eigenvalue weighted by molar-refractivity contribution is 0.200. The molecule has 0 spiro atoms. The van der Waals surface area contributed by atoms with Crippen LogP contribution in [0.2, 0.25) is 0 Å². The van der Waals surface area contributed by atoms with Gasteiger partial charge in [-0.2, -0.15) is 5.10 Å². The highest BCUT2D eigenvalue weighted by Gasteiger charge is 2.26. The summed E-state index contributed by atoms with van der Waals surface area (Å²) >= 11 is 0. The molecule has 0 unspecified atom stereocenters. The van der Waals surface area contributed by atoms with Crippen LogP contribution in [0.15, 0.2) is 42.7 Å². The smallest absolute Gasteiger partial charge is 0.154 e. The minimum atomic E-state index is 0.498. The van der Waals surface area contributed by atoms with Crippen LogP contribution < -0.4 is 0 Å². The van der Waals surface area contributed by atoms with E-state index < -0.39 is 0 Å². The number of nitrogens with zero attached hydrogens (tertiary/aromatic N) is 6. The van der Waals surface area contributed by atoms with Gasteiger partial charge in [-0.05, 0) is 51.4 Å². The molecule has 0 N–H and O–H groups in total. The van der Waals surface area contributed by atoms with Gasteiger partial charge in [-0.1, -0.05) is 29.8 Å². The summed E-state index contributed by atoms with van der Waals surface area (Å²) in [4.78, 5) is 2.56. The first kappa shape index (κ1) is 17.9. The zero-order valence-corrected chi connectivity index (χ0v) is 16.3. The second-order valence-electron chi connectivity index (χ2n) is 7.46. The maximum atomic E-state index is 4.57. The fourth-order valence-corrected chi connectivity index (χ4v) is 4.07. The molecule has 0 aliphatic carbocycles. The summed E-state index contributed by atoms with van der Waals surface area (Å²) in [6, 6.07) is 10.8. The van der Waals surface area contributed by atoms with Crippen LogP contribution in [0.25, 0.3) is 0 Å². The lowest BCUT2D eigenvalue weighted by Gasteiger charge is -2.31. The van der Waals surface area contributed by atoms with Gasteiger partial charge in [-0.15, -0.1) is 10.2 Å². The zero-order valence-electron chi connectivity index (χ0n) is 16.3. The van der Waals surface area contributed by atoms with Gasteiger partial charge in [0, 0.05) is 31.4 Å². The van der Waals surface area contributed by atoms with Crippen molar-refractivity contribution in [3.63, 3.8) is 0 Å². The van der Waals surface area contributed by atoms with Gasteiger partial charge >= 0.3 is 0 Å². The topological polar surface area (TPSA) is 51.8 Å². The normalized spacial score (nSPS) is 16.1. The molecule has 0 saturated carbocycles. The first-order valence-electron chi connectivity index (χ1n) is 9.90. The average Bonchev–Trinajstić information content (AvgIpc) is 3.32. The van der Waals surface area contributed by atoms with Crippen LogP contribution >= 0.6 is 0 Å². The van der Waals surface area contributed by atoms with Crippen molar-refractivity contribution in [3.05, 3.63) is 65.5 Å². The van der Waals surface area contributed by atoms with E-state index in [1.807, 2.05) is 16.9 Å². The molecule has 1 saturated heterocycles. The monoisotopic (exact) mass is 364 g/mol. The van der Waals surface area contributed by atoms with Crippen LogP contribution in [-0.4, -0.2) is 42.5 Å². The summed E-state index contributed by atoms with van der Waals surface area (Å²) in [5.74, 6) is 2.64. The van der Waals surface area contributed by atoms with E-state index in [0.29, 0.717) is 12.5 Å². The van der Waals surface area contributed by atoms with Crippen molar-refractivity contribution in [1.29, 1.82) is 0 Å². The molecule has 0 atom stereocenters. The Hall–Kier alpha value is -2.47. The van der Waals surface area contributed by atoms with Gasteiger partial charge in [-0.3, -0.25) is 9.58 Å². The van der Waals surface area contributed by atoms with Gasteiger partial charge in [0.25, 0.3) is 0 Å². The Morgan fingerprint density at radius 2 is 1.93 bits per heavy atom. The van der Waals surface area contributed by atoms with Gasteiger partial charge in [0.2, 0.25) is 0 Å². The molecule has 6 heteroatoms. The minimum absolute atomic E-state index is 0.498. The second-order valence-corrected chi connectivity index (χ2v) is 7.46. The molecule has 0 amide bonds. The van der Waals surface area contributed by atoms with Crippen LogP contribution in [-0.2, 0) is 19.6 Å². The molecule has 2 aromatic heterocycles. The molecular weight excluding hydrogens is 336 g/mol. The summed E-state index contributed by atoms with van der Waals surface area (Å²) < 4.78 is 4.19. The van der Waals surface area contributed by atoms with Gasteiger partial charge in [-0.25, -0.2) is 0 Å². The van der Waals surface area contributed by atoms with E-state index in [2.05, 4.69) is 62.9 Å². The highest BCUT2D eigenvalue weighted by atomic mass is 15.3. The maximum Gasteiger partial charge on any atom is 0.154 e. The molecule has 3 aromatic rings. The second kappa shape index (κ2) is 8.05. The number of hydrogen-bond donors (Lipinski definition) is 0. The van der Waals surface area contributed by atoms with E-state index in [-0.39, 0.29) is 0 Å². The van der Waals surface area contributed by atoms with Crippen molar-refractivity contribution in [1.82, 2.24) is 29.4 Å². The molecule has 142 valence electrons. The third-order valence-corrected chi connectivity index (χ3v) is 5.48. The Morgan fingerprint density at radius 3 is 2.63 bits per heavy atom. The summed E-state index contributed by atoms with van der Waals surface area (Å²) in [5, 5.41) is 13.3. The van der Waals surface area contributed by atoms with Crippen LogP contribution in [0.3, 0.4) is 0 Å². The molecular formula is C21H28N6. The zero-order chi connectivity index (χ0) is 18.6. The molecule has 0 radical (unpaired) electrons. The average molecular weight is 364 g/mol. The van der Waals surface area contributed by atoms with E-state index in [1.54, 1.807) is 6.20 Å². The predicted octanol–water partition coefficient (Wildman–Crippen LogP) is 3.23. The third-order valence-electron chi connectivity index (χ3n) is 5.48. The molecule has 1 aliphatic heterocycles. The van der Waals surface area contributed by atoms with Crippen LogP contribution in [0.1, 0.15) is 48.5 Å². The Labute approximate surface area is 160 Å².